The van der Waals surface area contributed by atoms with Crippen molar-refractivity contribution in [2.75, 3.05) is 5.73 Å². The number of benzene rings is 1. The van der Waals surface area contributed by atoms with Gasteiger partial charge in [-0.1, -0.05) is 25.1 Å². The molecule has 4 nitrogen and oxygen atoms in total. The molecule has 0 saturated heterocycles. The average Bonchev–Trinajstić information content (AvgIpc) is 2.49. The Labute approximate surface area is 117 Å². The first kappa shape index (κ1) is 12.5. The summed E-state index contributed by atoms with van der Waals surface area (Å²) in [5.41, 5.74) is 8.92. The van der Waals surface area contributed by atoms with Crippen molar-refractivity contribution in [1.29, 1.82) is 0 Å². The predicted molar refractivity (Wildman–Crippen MR) is 81.3 cm³/mol. The monoisotopic (exact) mass is 264 g/mol. The minimum Gasteiger partial charge on any atom is -0.383 e. The zero-order valence-corrected chi connectivity index (χ0v) is 11.6. The van der Waals surface area contributed by atoms with E-state index in [0.29, 0.717) is 5.82 Å². The van der Waals surface area contributed by atoms with E-state index < -0.39 is 0 Å². The smallest absolute Gasteiger partial charge is 0.131 e. The Bertz CT molecular complexity index is 775. The van der Waals surface area contributed by atoms with Gasteiger partial charge in [0.05, 0.1) is 5.69 Å². The highest BCUT2D eigenvalue weighted by Gasteiger charge is 2.12. The summed E-state index contributed by atoms with van der Waals surface area (Å²) < 4.78 is 0. The average molecular weight is 264 g/mol. The molecule has 0 saturated carbocycles. The molecule has 0 spiro atoms. The van der Waals surface area contributed by atoms with Crippen LogP contribution in [0.1, 0.15) is 18.3 Å². The lowest BCUT2D eigenvalue weighted by molar-refractivity contribution is 0.941. The van der Waals surface area contributed by atoms with Crippen LogP contribution in [-0.2, 0) is 6.42 Å². The van der Waals surface area contributed by atoms with Crippen molar-refractivity contribution < 1.29 is 0 Å². The molecule has 0 bridgehead atoms. The van der Waals surface area contributed by atoms with Gasteiger partial charge in [-0.3, -0.25) is 4.98 Å². The molecule has 0 radical (unpaired) electrons. The van der Waals surface area contributed by atoms with Crippen LogP contribution in [0, 0.1) is 6.92 Å². The Morgan fingerprint density at radius 3 is 2.80 bits per heavy atom. The summed E-state index contributed by atoms with van der Waals surface area (Å²) >= 11 is 0. The third-order valence-electron chi connectivity index (χ3n) is 3.48. The minimum absolute atomic E-state index is 0.554. The summed E-state index contributed by atoms with van der Waals surface area (Å²) in [4.78, 5) is 13.1. The van der Waals surface area contributed by atoms with Crippen molar-refractivity contribution >= 4 is 16.6 Å². The third kappa shape index (κ3) is 1.99. The van der Waals surface area contributed by atoms with Gasteiger partial charge in [-0.15, -0.1) is 0 Å². The molecular weight excluding hydrogens is 248 g/mol. The van der Waals surface area contributed by atoms with E-state index in [4.69, 9.17) is 5.73 Å². The number of aryl methyl sites for hydroxylation is 1. The summed E-state index contributed by atoms with van der Waals surface area (Å²) in [6.45, 7) is 3.99. The lowest BCUT2D eigenvalue weighted by atomic mass is 10.0. The maximum Gasteiger partial charge on any atom is 0.131 e. The number of hydrogen-bond acceptors (Lipinski definition) is 4. The van der Waals surface area contributed by atoms with Gasteiger partial charge in [0, 0.05) is 35.3 Å². The van der Waals surface area contributed by atoms with Crippen LogP contribution in [0.5, 0.6) is 0 Å². The first-order valence-electron chi connectivity index (χ1n) is 6.66. The number of nitrogens with two attached hydrogens (primary N) is 1. The van der Waals surface area contributed by atoms with Crippen molar-refractivity contribution in [3.8, 4) is 11.3 Å². The van der Waals surface area contributed by atoms with Gasteiger partial charge in [-0.05, 0) is 18.4 Å². The standard InChI is InChI=1S/C16H16N4/c1-3-14-19-15(10(2)16(17)20-14)13-6-4-5-11-9-18-8-7-12(11)13/h4-9H,3H2,1-2H3,(H2,17,19,20). The molecule has 0 aliphatic rings. The highest BCUT2D eigenvalue weighted by Crippen LogP contribution is 2.30. The molecule has 4 heteroatoms. The number of aromatic nitrogens is 3. The largest absolute Gasteiger partial charge is 0.383 e. The summed E-state index contributed by atoms with van der Waals surface area (Å²) in [5.74, 6) is 1.33. The number of pyridine rings is 1. The Morgan fingerprint density at radius 1 is 1.15 bits per heavy atom. The van der Waals surface area contributed by atoms with E-state index in [1.165, 1.54) is 0 Å². The Kier molecular flexibility index (Phi) is 3.06. The van der Waals surface area contributed by atoms with E-state index in [0.717, 1.165) is 39.8 Å². The fraction of sp³-hybridized carbons (Fsp3) is 0.188. The first-order chi connectivity index (χ1) is 9.70. The van der Waals surface area contributed by atoms with Crippen LogP contribution in [-0.4, -0.2) is 15.0 Å². The van der Waals surface area contributed by atoms with Crippen molar-refractivity contribution in [3.05, 3.63) is 48.0 Å². The molecule has 2 N–H and O–H groups in total. The van der Waals surface area contributed by atoms with Gasteiger partial charge in [-0.2, -0.15) is 0 Å². The lowest BCUT2D eigenvalue weighted by Crippen LogP contribution is -2.04. The molecule has 1 aromatic carbocycles. The molecule has 0 amide bonds. The van der Waals surface area contributed by atoms with Crippen molar-refractivity contribution in [2.24, 2.45) is 0 Å². The molecule has 0 fully saturated rings. The van der Waals surface area contributed by atoms with Crippen LogP contribution in [0.4, 0.5) is 5.82 Å². The summed E-state index contributed by atoms with van der Waals surface area (Å²) in [6.07, 6.45) is 4.43. The molecule has 0 atom stereocenters. The number of anilines is 1. The Morgan fingerprint density at radius 2 is 2.00 bits per heavy atom. The molecule has 3 aromatic rings. The van der Waals surface area contributed by atoms with Crippen LogP contribution in [0.15, 0.2) is 36.7 Å². The molecule has 2 heterocycles. The van der Waals surface area contributed by atoms with Crippen molar-refractivity contribution in [3.63, 3.8) is 0 Å². The lowest BCUT2D eigenvalue weighted by Gasteiger charge is -2.11. The summed E-state index contributed by atoms with van der Waals surface area (Å²) in [7, 11) is 0. The topological polar surface area (TPSA) is 64.7 Å². The summed E-state index contributed by atoms with van der Waals surface area (Å²) in [5, 5.41) is 2.23. The van der Waals surface area contributed by atoms with E-state index in [1.54, 1.807) is 6.20 Å². The molecule has 3 rings (SSSR count). The van der Waals surface area contributed by atoms with Crippen molar-refractivity contribution in [2.45, 2.75) is 20.3 Å². The van der Waals surface area contributed by atoms with E-state index in [2.05, 4.69) is 21.0 Å². The van der Waals surface area contributed by atoms with Crippen molar-refractivity contribution in [1.82, 2.24) is 15.0 Å². The number of nitrogens with zero attached hydrogens (tertiary/aromatic N) is 3. The number of rotatable bonds is 2. The second-order valence-corrected chi connectivity index (χ2v) is 4.75. The number of fused-ring (bicyclic) bond motifs is 1. The SMILES string of the molecule is CCc1nc(N)c(C)c(-c2cccc3cnccc23)n1. The second-order valence-electron chi connectivity index (χ2n) is 4.75. The molecule has 0 aliphatic heterocycles. The van der Waals surface area contributed by atoms with E-state index in [9.17, 15) is 0 Å². The zero-order chi connectivity index (χ0) is 14.1. The van der Waals surface area contributed by atoms with Gasteiger partial charge in [0.15, 0.2) is 0 Å². The van der Waals surface area contributed by atoms with Gasteiger partial charge in [0.2, 0.25) is 0 Å². The quantitative estimate of drug-likeness (QED) is 0.772. The van der Waals surface area contributed by atoms with Crippen LogP contribution >= 0.6 is 0 Å². The van der Waals surface area contributed by atoms with Gasteiger partial charge in [0.25, 0.3) is 0 Å². The molecule has 100 valence electrons. The fourth-order valence-corrected chi connectivity index (χ4v) is 2.33. The van der Waals surface area contributed by atoms with E-state index >= 15 is 0 Å². The Balaban J connectivity index is 2.33. The number of nitrogen functional groups attached to an aromatic ring is 1. The minimum atomic E-state index is 0.554. The van der Waals surface area contributed by atoms with Gasteiger partial charge in [-0.25, -0.2) is 9.97 Å². The second kappa shape index (κ2) is 4.89. The van der Waals surface area contributed by atoms with Crippen LogP contribution in [0.2, 0.25) is 0 Å². The maximum absolute atomic E-state index is 6.01. The van der Waals surface area contributed by atoms with Gasteiger partial charge < -0.3 is 5.73 Å². The van der Waals surface area contributed by atoms with E-state index in [-0.39, 0.29) is 0 Å². The molecule has 0 aliphatic carbocycles. The summed E-state index contributed by atoms with van der Waals surface area (Å²) in [6, 6.07) is 8.14. The van der Waals surface area contributed by atoms with Crippen LogP contribution < -0.4 is 5.73 Å². The number of hydrogen-bond donors (Lipinski definition) is 1. The predicted octanol–water partition coefficient (Wildman–Crippen LogP) is 3.14. The normalized spacial score (nSPS) is 10.9. The maximum atomic E-state index is 6.01. The highest BCUT2D eigenvalue weighted by molar-refractivity contribution is 5.96. The first-order valence-corrected chi connectivity index (χ1v) is 6.66. The zero-order valence-electron chi connectivity index (χ0n) is 11.6. The third-order valence-corrected chi connectivity index (χ3v) is 3.48. The van der Waals surface area contributed by atoms with Crippen LogP contribution in [0.25, 0.3) is 22.0 Å². The Hall–Kier alpha value is -2.49. The van der Waals surface area contributed by atoms with Gasteiger partial charge >= 0.3 is 0 Å². The molecule has 2 aromatic heterocycles. The van der Waals surface area contributed by atoms with E-state index in [1.807, 2.05) is 38.2 Å². The molecule has 0 unspecified atom stereocenters. The van der Waals surface area contributed by atoms with Crippen LogP contribution in [0.3, 0.4) is 0 Å². The highest BCUT2D eigenvalue weighted by atomic mass is 15.0. The fourth-order valence-electron chi connectivity index (χ4n) is 2.33. The molecular formula is C16H16N4. The molecule has 20 heavy (non-hydrogen) atoms. The van der Waals surface area contributed by atoms with Gasteiger partial charge in [0.1, 0.15) is 11.6 Å².